The van der Waals surface area contributed by atoms with Crippen molar-refractivity contribution in [2.75, 3.05) is 33.3 Å². The minimum Gasteiger partial charge on any atom is -1.00 e. The minimum absolute atomic E-state index is 0. The zero-order chi connectivity index (χ0) is 28.3. The lowest BCUT2D eigenvalue weighted by Gasteiger charge is -2.33. The van der Waals surface area contributed by atoms with Crippen LogP contribution in [0.2, 0.25) is 0 Å². The number of quaternary nitrogens is 1. The van der Waals surface area contributed by atoms with Crippen molar-refractivity contribution < 1.29 is 58.0 Å². The topological polar surface area (TPSA) is 72.8 Å². The van der Waals surface area contributed by atoms with Crippen molar-refractivity contribution in [3.63, 3.8) is 0 Å². The third-order valence-corrected chi connectivity index (χ3v) is 5.01. The van der Waals surface area contributed by atoms with Crippen LogP contribution < -0.4 is 17.0 Å². The third kappa shape index (κ3) is 5.38. The third-order valence-electron chi connectivity index (χ3n) is 5.01. The molecule has 1 aliphatic carbocycles. The number of esters is 2. The van der Waals surface area contributed by atoms with Crippen molar-refractivity contribution in [2.45, 2.75) is 50.5 Å². The molecule has 1 saturated carbocycles. The number of hydrogen-bond acceptors (Lipinski definition) is 5. The maximum atomic E-state index is 13.7. The van der Waals surface area contributed by atoms with Crippen LogP contribution in [0.5, 0.6) is 0 Å². The summed E-state index contributed by atoms with van der Waals surface area (Å²) >= 11 is 0. The minimum atomic E-state index is -3.72. The van der Waals surface area contributed by atoms with Gasteiger partial charge in [0.25, 0.3) is 0 Å². The van der Waals surface area contributed by atoms with Crippen molar-refractivity contribution in [1.29, 1.82) is 0 Å². The van der Waals surface area contributed by atoms with E-state index in [1.807, 2.05) is 0 Å². The van der Waals surface area contributed by atoms with Gasteiger partial charge in [0.15, 0.2) is 18.2 Å². The molecule has 7 heteroatoms. The van der Waals surface area contributed by atoms with Gasteiger partial charge >= 0.3 is 11.9 Å². The molecule has 3 unspecified atom stereocenters. The fourth-order valence-corrected chi connectivity index (χ4v) is 3.57. The summed E-state index contributed by atoms with van der Waals surface area (Å²) in [4.78, 5) is 25.7. The van der Waals surface area contributed by atoms with Gasteiger partial charge in [-0.25, -0.2) is 9.59 Å². The second kappa shape index (κ2) is 10.0. The van der Waals surface area contributed by atoms with Crippen molar-refractivity contribution in [2.24, 2.45) is 5.89 Å². The van der Waals surface area contributed by atoms with Crippen LogP contribution in [0.15, 0.2) is 30.3 Å². The summed E-state index contributed by atoms with van der Waals surface area (Å²) in [5.74, 6) is -5.79. The molecule has 162 valence electrons. The van der Waals surface area contributed by atoms with Gasteiger partial charge in [0.05, 0.1) is 20.2 Å². The van der Waals surface area contributed by atoms with Gasteiger partial charge in [0, 0.05) is 24.7 Å². The molecular formula is C22H32BrNO5. The number of rotatable bonds is 7. The Morgan fingerprint density at radius 3 is 2.59 bits per heavy atom. The molecule has 1 aromatic carbocycles. The highest BCUT2D eigenvalue weighted by Crippen LogP contribution is 2.42. The standard InChI is InChI=1S/C22H32NO5.BrH/c1-3-27-20(24)16-23(2)14-13-19(15-23)28-21(25)22(26,18-11-7-8-12-18)17-9-5-4-6-10-17;/h4-6,9-10,18-19,26H,3,7-8,11-16H2,1-2H3;1H/q+1;/p-1/i7D2,8D2,11D2,12D2,18D;. The van der Waals surface area contributed by atoms with Gasteiger partial charge in [-0.05, 0) is 25.2 Å². The summed E-state index contributed by atoms with van der Waals surface area (Å²) in [7, 11) is 1.73. The first-order valence-corrected chi connectivity index (χ1v) is 9.25. The van der Waals surface area contributed by atoms with Crippen molar-refractivity contribution in [3.8, 4) is 0 Å². The van der Waals surface area contributed by atoms with E-state index in [9.17, 15) is 14.7 Å². The number of carbonyl (C=O) groups is 2. The Morgan fingerprint density at radius 1 is 1.31 bits per heavy atom. The molecule has 3 rings (SSSR count). The summed E-state index contributed by atoms with van der Waals surface area (Å²) in [5.41, 5.74) is -3.90. The number of nitrogens with zero attached hydrogens (tertiary/aromatic N) is 1. The number of benzene rings is 1. The van der Waals surface area contributed by atoms with Gasteiger partial charge in [-0.3, -0.25) is 0 Å². The van der Waals surface area contributed by atoms with E-state index < -0.39 is 60.6 Å². The first-order chi connectivity index (χ1) is 16.8. The average molecular weight is 479 g/mol. The van der Waals surface area contributed by atoms with Crippen molar-refractivity contribution >= 4 is 11.9 Å². The predicted octanol–water partition coefficient (Wildman–Crippen LogP) is -0.606. The number of carbonyl (C=O) groups excluding carboxylic acids is 2. The van der Waals surface area contributed by atoms with Crippen LogP contribution >= 0.6 is 0 Å². The Balaban J connectivity index is 0.00000507. The number of aliphatic hydroxyl groups is 1. The van der Waals surface area contributed by atoms with Crippen LogP contribution in [-0.2, 0) is 24.7 Å². The first kappa shape index (κ1) is 13.8. The second-order valence-electron chi connectivity index (χ2n) is 7.26. The quantitative estimate of drug-likeness (QED) is 0.418. The van der Waals surface area contributed by atoms with E-state index >= 15 is 0 Å². The van der Waals surface area contributed by atoms with Gasteiger partial charge in [-0.1, -0.05) is 43.1 Å². The molecule has 0 radical (unpaired) electrons. The number of likely N-dealkylation sites (tertiary alicyclic amines) is 1. The second-order valence-corrected chi connectivity index (χ2v) is 7.26. The highest BCUT2D eigenvalue weighted by Gasteiger charge is 2.50. The largest absolute Gasteiger partial charge is 1.00 e. The van der Waals surface area contributed by atoms with Gasteiger partial charge in [-0.15, -0.1) is 0 Å². The molecular weight excluding hydrogens is 438 g/mol. The Hall–Kier alpha value is -1.44. The molecule has 2 fully saturated rings. The molecule has 0 aromatic heterocycles. The van der Waals surface area contributed by atoms with Gasteiger partial charge in [0.2, 0.25) is 0 Å². The Bertz CT molecular complexity index is 1030. The molecule has 0 bridgehead atoms. The lowest BCUT2D eigenvalue weighted by Crippen LogP contribution is -3.00. The monoisotopic (exact) mass is 478 g/mol. The van der Waals surface area contributed by atoms with E-state index in [0.29, 0.717) is 6.54 Å². The SMILES string of the molecule is [2H]C1([2H])C([2H])([2H])C([2H])([2H])C([2H])(C(O)(C(=O)OC2CC[N+](C)(CC(=O)OCC)C2)c2ccccc2)C1([2H])[2H].[Br-]. The summed E-state index contributed by atoms with van der Waals surface area (Å²) in [6.45, 7) is 2.34. The number of halogens is 1. The molecule has 0 amide bonds. The van der Waals surface area contributed by atoms with Gasteiger partial charge < -0.3 is 36.0 Å². The Kier molecular flexibility index (Phi) is 4.77. The highest BCUT2D eigenvalue weighted by atomic mass is 79.9. The number of hydrogen-bond donors (Lipinski definition) is 1. The maximum Gasteiger partial charge on any atom is 0.361 e. The highest BCUT2D eigenvalue weighted by molar-refractivity contribution is 5.81. The van der Waals surface area contributed by atoms with Crippen LogP contribution in [0.4, 0.5) is 0 Å². The lowest BCUT2D eigenvalue weighted by atomic mass is 9.80. The van der Waals surface area contributed by atoms with E-state index in [1.165, 1.54) is 18.2 Å². The average Bonchev–Trinajstić information content (AvgIpc) is 3.18. The normalized spacial score (nSPS) is 39.0. The molecule has 2 aliphatic rings. The van der Waals surface area contributed by atoms with Crippen LogP contribution in [-0.4, -0.2) is 60.9 Å². The Morgan fingerprint density at radius 2 is 1.97 bits per heavy atom. The van der Waals surface area contributed by atoms with Crippen LogP contribution in [0, 0.1) is 5.89 Å². The summed E-state index contributed by atoms with van der Waals surface area (Å²) in [5, 5.41) is 11.9. The fourth-order valence-electron chi connectivity index (χ4n) is 3.57. The molecule has 1 N–H and O–H groups in total. The summed E-state index contributed by atoms with van der Waals surface area (Å²) in [6, 6.07) is 6.48. The van der Waals surface area contributed by atoms with E-state index in [1.54, 1.807) is 14.0 Å². The zero-order valence-electron chi connectivity index (χ0n) is 25.4. The van der Waals surface area contributed by atoms with E-state index in [0.717, 1.165) is 12.1 Å². The molecule has 1 aromatic rings. The number of likely N-dealkylation sites (N-methyl/N-ethyl adjacent to an activating group) is 1. The predicted molar refractivity (Wildman–Crippen MR) is 104 cm³/mol. The van der Waals surface area contributed by atoms with Crippen molar-refractivity contribution in [3.05, 3.63) is 35.9 Å². The van der Waals surface area contributed by atoms with Crippen LogP contribution in [0.3, 0.4) is 0 Å². The zero-order valence-corrected chi connectivity index (χ0v) is 18.0. The van der Waals surface area contributed by atoms with Crippen LogP contribution in [0.1, 0.15) is 56.7 Å². The molecule has 1 saturated heterocycles. The molecule has 3 atom stereocenters. The molecule has 6 nitrogen and oxygen atoms in total. The van der Waals surface area contributed by atoms with E-state index in [4.69, 9.17) is 21.8 Å². The lowest BCUT2D eigenvalue weighted by molar-refractivity contribution is -0.891. The summed E-state index contributed by atoms with van der Waals surface area (Å²) < 4.78 is 85.7. The number of ether oxygens (including phenoxy) is 2. The molecule has 1 aliphatic heterocycles. The Labute approximate surface area is 196 Å². The van der Waals surface area contributed by atoms with Crippen molar-refractivity contribution in [1.82, 2.24) is 0 Å². The fraction of sp³-hybridized carbons (Fsp3) is 0.636. The van der Waals surface area contributed by atoms with Gasteiger partial charge in [0.1, 0.15) is 6.54 Å². The molecule has 29 heavy (non-hydrogen) atoms. The maximum absolute atomic E-state index is 13.7. The summed E-state index contributed by atoms with van der Waals surface area (Å²) in [6.07, 6.45) is -15.3. The van der Waals surface area contributed by atoms with Gasteiger partial charge in [-0.2, -0.15) is 0 Å². The van der Waals surface area contributed by atoms with E-state index in [-0.39, 0.29) is 47.6 Å². The smallest absolute Gasteiger partial charge is 0.361 e. The first-order valence-electron chi connectivity index (χ1n) is 13.7. The molecule has 1 heterocycles. The van der Waals surface area contributed by atoms with E-state index in [2.05, 4.69) is 0 Å². The molecule has 0 spiro atoms. The van der Waals surface area contributed by atoms with Crippen LogP contribution in [0.25, 0.3) is 0 Å².